The van der Waals surface area contributed by atoms with Crippen LogP contribution >= 0.6 is 43.2 Å². The van der Waals surface area contributed by atoms with E-state index in [0.717, 1.165) is 12.5 Å². The molecule has 108 valence electrons. The Labute approximate surface area is 137 Å². The van der Waals surface area contributed by atoms with Gasteiger partial charge in [-0.25, -0.2) is 0 Å². The molecule has 0 amide bonds. The van der Waals surface area contributed by atoms with Crippen molar-refractivity contribution in [2.24, 2.45) is 5.92 Å². The van der Waals surface area contributed by atoms with Gasteiger partial charge in [0.2, 0.25) is 0 Å². The lowest BCUT2D eigenvalue weighted by Gasteiger charge is -2.19. The van der Waals surface area contributed by atoms with Gasteiger partial charge >= 0.3 is 0 Å². The van der Waals surface area contributed by atoms with E-state index in [1.54, 1.807) is 0 Å². The zero-order valence-corrected chi connectivity index (χ0v) is 15.5. The largest absolute Gasteiger partial charge is 0.309 e. The van der Waals surface area contributed by atoms with Crippen LogP contribution in [0, 0.1) is 5.92 Å². The van der Waals surface area contributed by atoms with Crippen LogP contribution in [-0.2, 0) is 0 Å². The number of hydrogen-bond acceptors (Lipinski definition) is 2. The second kappa shape index (κ2) is 8.16. The van der Waals surface area contributed by atoms with E-state index in [1.807, 2.05) is 11.3 Å². The first-order chi connectivity index (χ1) is 9.20. The predicted octanol–water partition coefficient (Wildman–Crippen LogP) is 6.28. The molecule has 1 saturated carbocycles. The van der Waals surface area contributed by atoms with Crippen molar-refractivity contribution in [3.05, 3.63) is 19.2 Å². The minimum atomic E-state index is 0.535. The first-order valence-electron chi connectivity index (χ1n) is 7.38. The van der Waals surface area contributed by atoms with Crippen LogP contribution in [-0.4, -0.2) is 6.54 Å². The summed E-state index contributed by atoms with van der Waals surface area (Å²) in [5.74, 6) is 0.984. The van der Waals surface area contributed by atoms with E-state index in [9.17, 15) is 0 Å². The molecule has 1 fully saturated rings. The van der Waals surface area contributed by atoms with Crippen molar-refractivity contribution < 1.29 is 0 Å². The number of hydrogen-bond donors (Lipinski definition) is 1. The summed E-state index contributed by atoms with van der Waals surface area (Å²) in [6.07, 6.45) is 9.69. The molecule has 1 aromatic heterocycles. The van der Waals surface area contributed by atoms with Gasteiger partial charge in [0.25, 0.3) is 0 Å². The molecule has 1 atom stereocenters. The zero-order chi connectivity index (χ0) is 13.7. The fraction of sp³-hybridized carbons (Fsp3) is 0.733. The lowest BCUT2D eigenvalue weighted by molar-refractivity contribution is 0.415. The highest BCUT2D eigenvalue weighted by atomic mass is 79.9. The van der Waals surface area contributed by atoms with E-state index < -0.39 is 0 Å². The molecule has 1 nitrogen and oxygen atoms in total. The number of rotatable bonds is 7. The second-order valence-corrected chi connectivity index (χ2v) is 8.76. The Hall–Kier alpha value is 0.620. The Balaban J connectivity index is 1.93. The molecular weight excluding hydrogens is 386 g/mol. The van der Waals surface area contributed by atoms with Crippen LogP contribution in [0.1, 0.15) is 62.8 Å². The van der Waals surface area contributed by atoms with Gasteiger partial charge in [-0.05, 0) is 69.7 Å². The Morgan fingerprint density at radius 1 is 1.37 bits per heavy atom. The van der Waals surface area contributed by atoms with Crippen molar-refractivity contribution in [1.82, 2.24) is 5.32 Å². The summed E-state index contributed by atoms with van der Waals surface area (Å²) in [6, 6.07) is 2.81. The highest BCUT2D eigenvalue weighted by Crippen LogP contribution is 2.38. The van der Waals surface area contributed by atoms with Crippen LogP contribution < -0.4 is 5.32 Å². The van der Waals surface area contributed by atoms with Gasteiger partial charge < -0.3 is 5.32 Å². The summed E-state index contributed by atoms with van der Waals surface area (Å²) in [7, 11) is 0. The number of halogens is 2. The van der Waals surface area contributed by atoms with Crippen LogP contribution in [0.25, 0.3) is 0 Å². The Morgan fingerprint density at radius 3 is 2.68 bits per heavy atom. The molecule has 2 rings (SSSR count). The topological polar surface area (TPSA) is 12.0 Å². The molecule has 1 aliphatic rings. The summed E-state index contributed by atoms with van der Waals surface area (Å²) in [5, 5.41) is 3.72. The van der Waals surface area contributed by atoms with Gasteiger partial charge in [-0.15, -0.1) is 11.3 Å². The van der Waals surface area contributed by atoms with Crippen molar-refractivity contribution in [2.75, 3.05) is 6.54 Å². The molecule has 1 N–H and O–H groups in total. The minimum absolute atomic E-state index is 0.535. The monoisotopic (exact) mass is 407 g/mol. The maximum Gasteiger partial charge on any atom is 0.0843 e. The van der Waals surface area contributed by atoms with Crippen molar-refractivity contribution >= 4 is 43.2 Å². The summed E-state index contributed by atoms with van der Waals surface area (Å²) in [5.41, 5.74) is 0. The fourth-order valence-corrected chi connectivity index (χ4v) is 5.10. The highest BCUT2D eigenvalue weighted by Gasteiger charge is 2.19. The first-order valence-corrected chi connectivity index (χ1v) is 9.79. The zero-order valence-electron chi connectivity index (χ0n) is 11.6. The molecule has 0 bridgehead atoms. The van der Waals surface area contributed by atoms with Crippen LogP contribution in [0.4, 0.5) is 0 Å². The predicted molar refractivity (Wildman–Crippen MR) is 91.9 cm³/mol. The molecule has 0 aromatic carbocycles. The average molecular weight is 409 g/mol. The SMILES string of the molecule is CCCNC(CCC1CCCC1)c1cc(Br)c(Br)s1. The van der Waals surface area contributed by atoms with E-state index in [2.05, 4.69) is 50.2 Å². The number of thiophene rings is 1. The standard InChI is InChI=1S/C15H23Br2NS/c1-2-9-18-13(8-7-11-5-3-4-6-11)14-10-12(16)15(17)19-14/h10-11,13,18H,2-9H2,1H3. The average Bonchev–Trinajstić information content (AvgIpc) is 3.01. The summed E-state index contributed by atoms with van der Waals surface area (Å²) in [4.78, 5) is 1.46. The van der Waals surface area contributed by atoms with Gasteiger partial charge in [-0.2, -0.15) is 0 Å². The molecular formula is C15H23Br2NS. The lowest BCUT2D eigenvalue weighted by atomic mass is 9.98. The van der Waals surface area contributed by atoms with Crippen molar-refractivity contribution in [3.63, 3.8) is 0 Å². The molecule has 0 radical (unpaired) electrons. The third kappa shape index (κ3) is 4.83. The van der Waals surface area contributed by atoms with Gasteiger partial charge in [0.05, 0.1) is 3.79 Å². The van der Waals surface area contributed by atoms with Crippen molar-refractivity contribution in [3.8, 4) is 0 Å². The van der Waals surface area contributed by atoms with Crippen LogP contribution in [0.15, 0.2) is 14.3 Å². The Morgan fingerprint density at radius 2 is 2.11 bits per heavy atom. The van der Waals surface area contributed by atoms with E-state index in [0.29, 0.717) is 6.04 Å². The van der Waals surface area contributed by atoms with Gasteiger partial charge in [0.1, 0.15) is 0 Å². The van der Waals surface area contributed by atoms with E-state index in [-0.39, 0.29) is 0 Å². The van der Waals surface area contributed by atoms with Gasteiger partial charge in [-0.3, -0.25) is 0 Å². The van der Waals surface area contributed by atoms with E-state index >= 15 is 0 Å². The lowest BCUT2D eigenvalue weighted by Crippen LogP contribution is -2.22. The van der Waals surface area contributed by atoms with Gasteiger partial charge in [-0.1, -0.05) is 32.6 Å². The molecule has 1 unspecified atom stereocenters. The van der Waals surface area contributed by atoms with E-state index in [1.165, 1.54) is 58.1 Å². The van der Waals surface area contributed by atoms with Crippen LogP contribution in [0.5, 0.6) is 0 Å². The second-order valence-electron chi connectivity index (χ2n) is 5.50. The van der Waals surface area contributed by atoms with Crippen LogP contribution in [0.3, 0.4) is 0 Å². The smallest absolute Gasteiger partial charge is 0.0843 e. The molecule has 1 aliphatic carbocycles. The highest BCUT2D eigenvalue weighted by molar-refractivity contribution is 9.13. The molecule has 4 heteroatoms. The Bertz CT molecular complexity index is 366. The minimum Gasteiger partial charge on any atom is -0.309 e. The molecule has 0 aliphatic heterocycles. The molecule has 19 heavy (non-hydrogen) atoms. The quantitative estimate of drug-likeness (QED) is 0.559. The summed E-state index contributed by atoms with van der Waals surface area (Å²) in [6.45, 7) is 3.35. The Kier molecular flexibility index (Phi) is 6.87. The maximum atomic E-state index is 3.72. The summed E-state index contributed by atoms with van der Waals surface area (Å²) < 4.78 is 2.41. The van der Waals surface area contributed by atoms with Crippen molar-refractivity contribution in [2.45, 2.75) is 57.9 Å². The fourth-order valence-electron chi connectivity index (χ4n) is 2.90. The normalized spacial score (nSPS) is 18.1. The van der Waals surface area contributed by atoms with Gasteiger partial charge in [0.15, 0.2) is 0 Å². The van der Waals surface area contributed by atoms with Gasteiger partial charge in [0, 0.05) is 15.4 Å². The maximum absolute atomic E-state index is 3.72. The third-order valence-corrected chi connectivity index (χ3v) is 7.36. The molecule has 0 spiro atoms. The molecule has 0 saturated heterocycles. The molecule has 1 aromatic rings. The number of nitrogens with one attached hydrogen (secondary N) is 1. The molecule has 1 heterocycles. The first kappa shape index (κ1) is 16.0. The van der Waals surface area contributed by atoms with Crippen molar-refractivity contribution in [1.29, 1.82) is 0 Å². The third-order valence-electron chi connectivity index (χ3n) is 3.99. The summed E-state index contributed by atoms with van der Waals surface area (Å²) >= 11 is 9.08. The van der Waals surface area contributed by atoms with Crippen LogP contribution in [0.2, 0.25) is 0 Å². The van der Waals surface area contributed by atoms with E-state index in [4.69, 9.17) is 0 Å².